The first-order valence-electron chi connectivity index (χ1n) is 14.4. The van der Waals surface area contributed by atoms with E-state index in [1.165, 1.54) is 17.1 Å². The fourth-order valence-corrected chi connectivity index (χ4v) is 7.95. The molecule has 1 aliphatic carbocycles. The van der Waals surface area contributed by atoms with Crippen molar-refractivity contribution in [2.45, 2.75) is 102 Å². The van der Waals surface area contributed by atoms with Crippen LogP contribution in [0.4, 0.5) is 19.1 Å². The first kappa shape index (κ1) is 31.6. The van der Waals surface area contributed by atoms with Crippen LogP contribution in [0.2, 0.25) is 0 Å². The molecule has 230 valence electrons. The van der Waals surface area contributed by atoms with Gasteiger partial charge in [0.2, 0.25) is 16.0 Å². The minimum absolute atomic E-state index is 0.0410. The molecule has 41 heavy (non-hydrogen) atoms. The fourth-order valence-electron chi connectivity index (χ4n) is 5.94. The smallest absolute Gasteiger partial charge is 0.389 e. The van der Waals surface area contributed by atoms with Gasteiger partial charge in [-0.2, -0.15) is 18.3 Å². The number of alkyl halides is 3. The number of nitrogens with one attached hydrogen (secondary N) is 1. The molecule has 0 unspecified atom stereocenters. The molecule has 0 aromatic carbocycles. The summed E-state index contributed by atoms with van der Waals surface area (Å²) in [5, 5.41) is 16.9. The van der Waals surface area contributed by atoms with Gasteiger partial charge in [0.05, 0.1) is 29.3 Å². The van der Waals surface area contributed by atoms with Crippen LogP contribution in [-0.4, -0.2) is 91.6 Å². The highest BCUT2D eigenvalue weighted by atomic mass is 32.2. The normalized spacial score (nSPS) is 21.9. The van der Waals surface area contributed by atoms with Gasteiger partial charge in [-0.25, -0.2) is 22.7 Å². The van der Waals surface area contributed by atoms with Gasteiger partial charge in [-0.3, -0.25) is 4.68 Å². The average molecular weight is 602 g/mol. The summed E-state index contributed by atoms with van der Waals surface area (Å²) >= 11 is 0. The lowest BCUT2D eigenvalue weighted by Crippen LogP contribution is -2.48. The lowest BCUT2D eigenvalue weighted by molar-refractivity contribution is -0.137. The molecule has 0 amide bonds. The summed E-state index contributed by atoms with van der Waals surface area (Å²) in [4.78, 5) is 10.5. The lowest BCUT2D eigenvalue weighted by atomic mass is 9.94. The number of piperidine rings is 1. The van der Waals surface area contributed by atoms with Crippen LogP contribution >= 0.6 is 0 Å². The molecule has 1 saturated heterocycles. The molecule has 1 saturated carbocycles. The van der Waals surface area contributed by atoms with Gasteiger partial charge in [0.25, 0.3) is 0 Å². The van der Waals surface area contributed by atoms with Gasteiger partial charge in [-0.05, 0) is 65.5 Å². The van der Waals surface area contributed by atoms with E-state index < -0.39 is 27.4 Å². The van der Waals surface area contributed by atoms with Crippen LogP contribution in [0.5, 0.6) is 0 Å². The third-order valence-corrected chi connectivity index (χ3v) is 10.5. The molecular formula is C27H42F3N7O3S. The molecule has 2 N–H and O–H groups in total. The van der Waals surface area contributed by atoms with Crippen LogP contribution in [-0.2, 0) is 22.7 Å². The standard InChI is InChI=1S/C27H42F3N7O3S/c1-5-35(6-2)21-7-9-22(10-8-21)41(39,40)37-13-11-20(12-14-37)33-25-31-16-23(27(28,29)30)24(34-25)19-15-32-36(17-19)18-26(3,4)38/h15-17,20-22,38H,5-14,18H2,1-4H3,(H,31,33,34). The summed E-state index contributed by atoms with van der Waals surface area (Å²) in [6, 6.07) is 0.262. The molecule has 2 aromatic heterocycles. The Morgan fingerprint density at radius 2 is 1.68 bits per heavy atom. The third-order valence-electron chi connectivity index (χ3n) is 8.09. The number of sulfonamides is 1. The molecule has 4 rings (SSSR count). The molecular weight excluding hydrogens is 559 g/mol. The van der Waals surface area contributed by atoms with Crippen LogP contribution in [0.15, 0.2) is 18.6 Å². The van der Waals surface area contributed by atoms with E-state index in [1.54, 1.807) is 18.2 Å². The fraction of sp³-hybridized carbons (Fsp3) is 0.741. The summed E-state index contributed by atoms with van der Waals surface area (Å²) in [7, 11) is -3.42. The summed E-state index contributed by atoms with van der Waals surface area (Å²) in [5.41, 5.74) is -2.23. The van der Waals surface area contributed by atoms with Gasteiger partial charge in [0.15, 0.2) is 0 Å². The molecule has 0 spiro atoms. The van der Waals surface area contributed by atoms with Gasteiger partial charge < -0.3 is 15.3 Å². The predicted octanol–water partition coefficient (Wildman–Crippen LogP) is 3.99. The van der Waals surface area contributed by atoms with Crippen molar-refractivity contribution < 1.29 is 26.7 Å². The quantitative estimate of drug-likeness (QED) is 0.420. The van der Waals surface area contributed by atoms with Crippen molar-refractivity contribution in [2.75, 3.05) is 31.5 Å². The molecule has 0 radical (unpaired) electrons. The second kappa shape index (κ2) is 12.5. The Bertz CT molecular complexity index is 1260. The SMILES string of the molecule is CCN(CC)C1CCC(S(=O)(=O)N2CCC(Nc3ncc(C(F)(F)F)c(-c4cnn(CC(C)(C)O)c4)n3)CC2)CC1. The van der Waals surface area contributed by atoms with Crippen LogP contribution in [0, 0.1) is 0 Å². The number of aromatic nitrogens is 4. The summed E-state index contributed by atoms with van der Waals surface area (Å²) in [6.07, 6.45) is 2.87. The van der Waals surface area contributed by atoms with Gasteiger partial charge >= 0.3 is 6.18 Å². The maximum atomic E-state index is 13.8. The number of hydrogen-bond donors (Lipinski definition) is 2. The minimum atomic E-state index is -4.67. The summed E-state index contributed by atoms with van der Waals surface area (Å²) in [6.45, 7) is 10.1. The van der Waals surface area contributed by atoms with Crippen molar-refractivity contribution >= 4 is 16.0 Å². The number of aliphatic hydroxyl groups is 1. The molecule has 1 aliphatic heterocycles. The highest BCUT2D eigenvalue weighted by molar-refractivity contribution is 7.89. The van der Waals surface area contributed by atoms with Crippen LogP contribution in [0.3, 0.4) is 0 Å². The lowest BCUT2D eigenvalue weighted by Gasteiger charge is -2.38. The predicted molar refractivity (Wildman–Crippen MR) is 151 cm³/mol. The average Bonchev–Trinajstić information content (AvgIpc) is 3.36. The highest BCUT2D eigenvalue weighted by Gasteiger charge is 2.39. The zero-order valence-electron chi connectivity index (χ0n) is 24.2. The number of nitrogens with zero attached hydrogens (tertiary/aromatic N) is 6. The maximum Gasteiger partial charge on any atom is 0.419 e. The Kier molecular flexibility index (Phi) is 9.66. The largest absolute Gasteiger partial charge is 0.419 e. The monoisotopic (exact) mass is 601 g/mol. The number of halogens is 3. The van der Waals surface area contributed by atoms with Gasteiger partial charge in [-0.1, -0.05) is 13.8 Å². The van der Waals surface area contributed by atoms with Crippen LogP contribution in [0.25, 0.3) is 11.3 Å². The van der Waals surface area contributed by atoms with E-state index >= 15 is 0 Å². The Hall–Kier alpha value is -2.29. The topological polar surface area (TPSA) is 116 Å². The van der Waals surface area contributed by atoms with Crippen molar-refractivity contribution in [3.05, 3.63) is 24.2 Å². The molecule has 2 aliphatic rings. The van der Waals surface area contributed by atoms with Gasteiger partial charge in [-0.15, -0.1) is 0 Å². The molecule has 14 heteroatoms. The first-order valence-corrected chi connectivity index (χ1v) is 15.9. The van der Waals surface area contributed by atoms with E-state index in [1.807, 2.05) is 0 Å². The van der Waals surface area contributed by atoms with E-state index in [2.05, 4.69) is 39.1 Å². The Balaban J connectivity index is 1.40. The Morgan fingerprint density at radius 1 is 1.05 bits per heavy atom. The van der Waals surface area contributed by atoms with Gasteiger partial charge in [0.1, 0.15) is 5.56 Å². The van der Waals surface area contributed by atoms with Crippen molar-refractivity contribution in [2.24, 2.45) is 0 Å². The molecule has 10 nitrogen and oxygen atoms in total. The zero-order valence-corrected chi connectivity index (χ0v) is 25.0. The summed E-state index contributed by atoms with van der Waals surface area (Å²) < 4.78 is 71.0. The van der Waals surface area contributed by atoms with Crippen molar-refractivity contribution in [3.8, 4) is 11.3 Å². The minimum Gasteiger partial charge on any atom is -0.389 e. The number of rotatable bonds is 10. The van der Waals surface area contributed by atoms with Crippen molar-refractivity contribution in [1.29, 1.82) is 0 Å². The van der Waals surface area contributed by atoms with Crippen molar-refractivity contribution in [3.63, 3.8) is 0 Å². The zero-order chi connectivity index (χ0) is 30.0. The van der Waals surface area contributed by atoms with E-state index in [-0.39, 0.29) is 35.0 Å². The molecule has 3 heterocycles. The first-order chi connectivity index (χ1) is 19.2. The van der Waals surface area contributed by atoms with E-state index in [0.717, 1.165) is 32.1 Å². The Labute approximate surface area is 240 Å². The molecule has 2 aromatic rings. The third kappa shape index (κ3) is 7.76. The number of anilines is 1. The second-order valence-electron chi connectivity index (χ2n) is 11.7. The highest BCUT2D eigenvalue weighted by Crippen LogP contribution is 2.36. The van der Waals surface area contributed by atoms with Crippen LogP contribution < -0.4 is 5.32 Å². The van der Waals surface area contributed by atoms with E-state index in [0.29, 0.717) is 44.8 Å². The van der Waals surface area contributed by atoms with E-state index in [9.17, 15) is 26.7 Å². The molecule has 2 fully saturated rings. The van der Waals surface area contributed by atoms with Crippen molar-refractivity contribution in [1.82, 2.24) is 29.0 Å². The van der Waals surface area contributed by atoms with Gasteiger partial charge in [0, 0.05) is 43.1 Å². The second-order valence-corrected chi connectivity index (χ2v) is 13.9. The maximum absolute atomic E-state index is 13.8. The van der Waals surface area contributed by atoms with E-state index in [4.69, 9.17) is 0 Å². The van der Waals surface area contributed by atoms with Crippen LogP contribution in [0.1, 0.15) is 71.8 Å². The summed E-state index contributed by atoms with van der Waals surface area (Å²) in [5.74, 6) is 0.0410. The molecule has 0 bridgehead atoms. The number of hydrogen-bond acceptors (Lipinski definition) is 8. The Morgan fingerprint density at radius 3 is 2.24 bits per heavy atom. The molecule has 0 atom stereocenters.